The van der Waals surface area contributed by atoms with E-state index in [0.29, 0.717) is 37.9 Å². The third-order valence-electron chi connectivity index (χ3n) is 4.04. The molecule has 0 aliphatic carbocycles. The van der Waals surface area contributed by atoms with Crippen LogP contribution in [-0.2, 0) is 25.7 Å². The van der Waals surface area contributed by atoms with Crippen molar-refractivity contribution in [2.45, 2.75) is 20.0 Å². The summed E-state index contributed by atoms with van der Waals surface area (Å²) in [7, 11) is 0. The average Bonchev–Trinajstić information content (AvgIpc) is 2.82. The molecular formula is C18H25ClN2O4. The standard InChI is InChI=1S/C18H25ClN2O4/c1-2-25-18(23)12-20-8-5-9-21(11-10-20)17(22)14-24-13-15-6-3-4-7-16(15)19/h3-4,6-7H,2,5,8-14H2,1H3. The number of esters is 1. The first kappa shape index (κ1) is 19.7. The van der Waals surface area contributed by atoms with Gasteiger partial charge in [0.1, 0.15) is 6.61 Å². The average molecular weight is 369 g/mol. The first-order valence-corrected chi connectivity index (χ1v) is 8.95. The smallest absolute Gasteiger partial charge is 0.320 e. The lowest BCUT2D eigenvalue weighted by Crippen LogP contribution is -2.38. The number of hydrogen-bond donors (Lipinski definition) is 0. The highest BCUT2D eigenvalue weighted by Crippen LogP contribution is 2.15. The first-order chi connectivity index (χ1) is 12.1. The van der Waals surface area contributed by atoms with E-state index in [9.17, 15) is 9.59 Å². The fraction of sp³-hybridized carbons (Fsp3) is 0.556. The maximum atomic E-state index is 12.3. The van der Waals surface area contributed by atoms with Gasteiger partial charge in [-0.15, -0.1) is 0 Å². The van der Waals surface area contributed by atoms with Crippen molar-refractivity contribution in [3.8, 4) is 0 Å². The molecule has 1 saturated heterocycles. The molecule has 0 N–H and O–H groups in total. The van der Waals surface area contributed by atoms with Crippen LogP contribution in [0.3, 0.4) is 0 Å². The van der Waals surface area contributed by atoms with Gasteiger partial charge in [0.15, 0.2) is 0 Å². The monoisotopic (exact) mass is 368 g/mol. The van der Waals surface area contributed by atoms with E-state index >= 15 is 0 Å². The summed E-state index contributed by atoms with van der Waals surface area (Å²) in [6.07, 6.45) is 0.829. The number of ether oxygens (including phenoxy) is 2. The van der Waals surface area contributed by atoms with Crippen molar-refractivity contribution in [1.82, 2.24) is 9.80 Å². The third kappa shape index (κ3) is 6.65. The van der Waals surface area contributed by atoms with Gasteiger partial charge in [-0.2, -0.15) is 0 Å². The highest BCUT2D eigenvalue weighted by Gasteiger charge is 2.20. The Labute approximate surface area is 153 Å². The highest BCUT2D eigenvalue weighted by atomic mass is 35.5. The zero-order valence-corrected chi connectivity index (χ0v) is 15.3. The van der Waals surface area contributed by atoms with Crippen LogP contribution in [-0.4, -0.2) is 67.6 Å². The number of rotatable bonds is 7. The SMILES string of the molecule is CCOC(=O)CN1CCCN(C(=O)COCc2ccccc2Cl)CC1. The fourth-order valence-corrected chi connectivity index (χ4v) is 2.91. The summed E-state index contributed by atoms with van der Waals surface area (Å²) in [5.74, 6) is -0.254. The molecule has 1 amide bonds. The molecule has 0 unspecified atom stereocenters. The van der Waals surface area contributed by atoms with E-state index in [0.717, 1.165) is 18.5 Å². The van der Waals surface area contributed by atoms with E-state index in [1.54, 1.807) is 17.9 Å². The van der Waals surface area contributed by atoms with Crippen molar-refractivity contribution in [3.63, 3.8) is 0 Å². The Balaban J connectivity index is 1.73. The van der Waals surface area contributed by atoms with Crippen LogP contribution in [0, 0.1) is 0 Å². The number of benzene rings is 1. The Hall–Kier alpha value is -1.63. The number of halogens is 1. The van der Waals surface area contributed by atoms with Crippen LogP contribution in [0.2, 0.25) is 5.02 Å². The molecule has 0 atom stereocenters. The maximum absolute atomic E-state index is 12.3. The van der Waals surface area contributed by atoms with Crippen molar-refractivity contribution in [1.29, 1.82) is 0 Å². The van der Waals surface area contributed by atoms with Crippen LogP contribution >= 0.6 is 11.6 Å². The van der Waals surface area contributed by atoms with E-state index in [-0.39, 0.29) is 25.0 Å². The first-order valence-electron chi connectivity index (χ1n) is 8.57. The summed E-state index contributed by atoms with van der Waals surface area (Å²) in [6, 6.07) is 7.43. The number of carbonyl (C=O) groups is 2. The summed E-state index contributed by atoms with van der Waals surface area (Å²) in [4.78, 5) is 27.7. The van der Waals surface area contributed by atoms with Crippen molar-refractivity contribution in [2.75, 3.05) is 45.9 Å². The Bertz CT molecular complexity index is 582. The molecule has 1 aromatic carbocycles. The van der Waals surface area contributed by atoms with Gasteiger partial charge in [-0.3, -0.25) is 14.5 Å². The molecule has 0 aromatic heterocycles. The zero-order valence-electron chi connectivity index (χ0n) is 14.6. The molecule has 1 heterocycles. The molecule has 1 aliphatic rings. The van der Waals surface area contributed by atoms with Crippen molar-refractivity contribution in [2.24, 2.45) is 0 Å². The van der Waals surface area contributed by atoms with Gasteiger partial charge in [0.2, 0.25) is 5.91 Å². The van der Waals surface area contributed by atoms with Crippen LogP contribution < -0.4 is 0 Å². The Morgan fingerprint density at radius 3 is 2.72 bits per heavy atom. The molecule has 7 heteroatoms. The van der Waals surface area contributed by atoms with Crippen LogP contribution in [0.4, 0.5) is 0 Å². The van der Waals surface area contributed by atoms with E-state index in [2.05, 4.69) is 0 Å². The number of carbonyl (C=O) groups excluding carboxylic acids is 2. The summed E-state index contributed by atoms with van der Waals surface area (Å²) in [5, 5.41) is 0.638. The van der Waals surface area contributed by atoms with Crippen molar-refractivity contribution in [3.05, 3.63) is 34.9 Å². The minimum absolute atomic E-state index is 0.0309. The quantitative estimate of drug-likeness (QED) is 0.688. The molecule has 1 fully saturated rings. The molecular weight excluding hydrogens is 344 g/mol. The van der Waals surface area contributed by atoms with Gasteiger partial charge in [0.05, 0.1) is 19.8 Å². The number of amides is 1. The van der Waals surface area contributed by atoms with Crippen LogP contribution in [0.15, 0.2) is 24.3 Å². The highest BCUT2D eigenvalue weighted by molar-refractivity contribution is 6.31. The second-order valence-corrected chi connectivity index (χ2v) is 6.31. The zero-order chi connectivity index (χ0) is 18.1. The molecule has 6 nitrogen and oxygen atoms in total. The van der Waals surface area contributed by atoms with Gasteiger partial charge in [0, 0.05) is 31.2 Å². The van der Waals surface area contributed by atoms with Gasteiger partial charge in [0.25, 0.3) is 0 Å². The number of nitrogens with zero attached hydrogens (tertiary/aromatic N) is 2. The minimum Gasteiger partial charge on any atom is -0.465 e. The molecule has 1 aliphatic heterocycles. The molecule has 1 aromatic rings. The van der Waals surface area contributed by atoms with Gasteiger partial charge < -0.3 is 14.4 Å². The molecule has 0 radical (unpaired) electrons. The van der Waals surface area contributed by atoms with E-state index in [1.165, 1.54) is 0 Å². The van der Waals surface area contributed by atoms with Gasteiger partial charge in [-0.25, -0.2) is 0 Å². The van der Waals surface area contributed by atoms with Gasteiger partial charge in [-0.1, -0.05) is 29.8 Å². The second-order valence-electron chi connectivity index (χ2n) is 5.90. The molecule has 0 bridgehead atoms. The Kier molecular flexibility index (Phi) is 8.18. The van der Waals surface area contributed by atoms with Crippen molar-refractivity contribution < 1.29 is 19.1 Å². The van der Waals surface area contributed by atoms with E-state index in [1.807, 2.05) is 23.1 Å². The fourth-order valence-electron chi connectivity index (χ4n) is 2.72. The second kappa shape index (κ2) is 10.4. The lowest BCUT2D eigenvalue weighted by molar-refractivity contribution is -0.144. The molecule has 2 rings (SSSR count). The largest absolute Gasteiger partial charge is 0.465 e. The molecule has 25 heavy (non-hydrogen) atoms. The minimum atomic E-state index is -0.217. The number of hydrogen-bond acceptors (Lipinski definition) is 5. The maximum Gasteiger partial charge on any atom is 0.320 e. The van der Waals surface area contributed by atoms with Crippen LogP contribution in [0.5, 0.6) is 0 Å². The van der Waals surface area contributed by atoms with Gasteiger partial charge >= 0.3 is 5.97 Å². The summed E-state index contributed by atoms with van der Waals surface area (Å²) in [5.41, 5.74) is 0.869. The predicted octanol–water partition coefficient (Wildman–Crippen LogP) is 1.95. The third-order valence-corrected chi connectivity index (χ3v) is 4.41. The van der Waals surface area contributed by atoms with Crippen LogP contribution in [0.25, 0.3) is 0 Å². The Morgan fingerprint density at radius 2 is 1.96 bits per heavy atom. The molecule has 138 valence electrons. The topological polar surface area (TPSA) is 59.1 Å². The summed E-state index contributed by atoms with van der Waals surface area (Å²) < 4.78 is 10.5. The molecule has 0 spiro atoms. The lowest BCUT2D eigenvalue weighted by atomic mass is 10.2. The van der Waals surface area contributed by atoms with Crippen molar-refractivity contribution >= 4 is 23.5 Å². The van der Waals surface area contributed by atoms with Crippen LogP contribution in [0.1, 0.15) is 18.9 Å². The summed E-state index contributed by atoms with van der Waals surface area (Å²) in [6.45, 7) is 5.51. The predicted molar refractivity (Wildman–Crippen MR) is 95.4 cm³/mol. The van der Waals surface area contributed by atoms with Gasteiger partial charge in [-0.05, 0) is 25.0 Å². The summed E-state index contributed by atoms with van der Waals surface area (Å²) >= 11 is 6.07. The normalized spacial score (nSPS) is 15.7. The molecule has 0 saturated carbocycles. The van der Waals surface area contributed by atoms with E-state index in [4.69, 9.17) is 21.1 Å². The Morgan fingerprint density at radius 1 is 1.16 bits per heavy atom. The van der Waals surface area contributed by atoms with E-state index < -0.39 is 0 Å². The lowest BCUT2D eigenvalue weighted by Gasteiger charge is -2.21.